The largest absolute Gasteiger partial charge is 0.490 e. The number of benzene rings is 1. The number of aliphatic hydroxyl groups is 1. The highest BCUT2D eigenvalue weighted by Crippen LogP contribution is 2.31. The molecule has 7 heteroatoms. The van der Waals surface area contributed by atoms with Gasteiger partial charge < -0.3 is 15.2 Å². The lowest BCUT2D eigenvalue weighted by atomic mass is 10.0. The molecule has 1 saturated carbocycles. The smallest absolute Gasteiger partial charge is 0.311 e. The van der Waals surface area contributed by atoms with Gasteiger partial charge in [-0.2, -0.15) is 0 Å². The summed E-state index contributed by atoms with van der Waals surface area (Å²) in [5.74, 6) is -0.561. The summed E-state index contributed by atoms with van der Waals surface area (Å²) in [6.45, 7) is 0.137. The highest BCUT2D eigenvalue weighted by atomic mass is 16.6. The first-order valence-electron chi connectivity index (χ1n) is 6.79. The van der Waals surface area contributed by atoms with Crippen molar-refractivity contribution in [3.63, 3.8) is 0 Å². The van der Waals surface area contributed by atoms with Gasteiger partial charge in [0.2, 0.25) is 5.75 Å². The average Bonchev–Trinajstić information content (AvgIpc) is 2.91. The summed E-state index contributed by atoms with van der Waals surface area (Å²) in [4.78, 5) is 22.5. The van der Waals surface area contributed by atoms with Crippen LogP contribution in [0.2, 0.25) is 0 Å². The molecule has 0 heterocycles. The van der Waals surface area contributed by atoms with Crippen LogP contribution in [-0.2, 0) is 0 Å². The van der Waals surface area contributed by atoms with Crippen LogP contribution >= 0.6 is 0 Å². The summed E-state index contributed by atoms with van der Waals surface area (Å²) in [7, 11) is 1.28. The molecule has 2 rings (SSSR count). The minimum atomic E-state index is -0.871. The Bertz CT molecular complexity index is 552. The normalized spacial score (nSPS) is 16.5. The average molecular weight is 294 g/mol. The molecule has 114 valence electrons. The van der Waals surface area contributed by atoms with E-state index >= 15 is 0 Å². The lowest BCUT2D eigenvalue weighted by Crippen LogP contribution is -2.40. The molecule has 1 aromatic carbocycles. The van der Waals surface area contributed by atoms with E-state index in [-0.39, 0.29) is 23.5 Å². The van der Waals surface area contributed by atoms with Gasteiger partial charge in [0, 0.05) is 12.6 Å². The molecule has 0 atom stereocenters. The predicted octanol–water partition coefficient (Wildman–Crippen LogP) is 1.64. The van der Waals surface area contributed by atoms with Gasteiger partial charge in [0.25, 0.3) is 5.91 Å². The van der Waals surface area contributed by atoms with Gasteiger partial charge in [-0.1, -0.05) is 18.9 Å². The first kappa shape index (κ1) is 15.2. The summed E-state index contributed by atoms with van der Waals surface area (Å²) in [6.07, 6.45) is 3.18. The monoisotopic (exact) mass is 294 g/mol. The number of nitrogens with one attached hydrogen (secondary N) is 1. The van der Waals surface area contributed by atoms with Crippen LogP contribution in [0, 0.1) is 10.1 Å². The second kappa shape index (κ2) is 6.09. The molecule has 0 radical (unpaired) electrons. The van der Waals surface area contributed by atoms with Crippen LogP contribution in [-0.4, -0.2) is 35.2 Å². The van der Waals surface area contributed by atoms with Gasteiger partial charge in [-0.05, 0) is 18.9 Å². The number of amides is 1. The molecule has 21 heavy (non-hydrogen) atoms. The lowest BCUT2D eigenvalue weighted by molar-refractivity contribution is -0.385. The van der Waals surface area contributed by atoms with Gasteiger partial charge >= 0.3 is 5.69 Å². The van der Waals surface area contributed by atoms with Crippen molar-refractivity contribution in [3.05, 3.63) is 33.9 Å². The summed E-state index contributed by atoms with van der Waals surface area (Å²) >= 11 is 0. The summed E-state index contributed by atoms with van der Waals surface area (Å²) in [5, 5.41) is 23.8. The maximum atomic E-state index is 12.2. The Morgan fingerprint density at radius 3 is 2.71 bits per heavy atom. The number of nitro groups is 1. The highest BCUT2D eigenvalue weighted by molar-refractivity contribution is 5.98. The van der Waals surface area contributed by atoms with Crippen molar-refractivity contribution < 1.29 is 19.6 Å². The Balaban J connectivity index is 2.15. The number of ether oxygens (including phenoxy) is 1. The van der Waals surface area contributed by atoms with Crippen molar-refractivity contribution in [1.29, 1.82) is 0 Å². The molecule has 1 amide bonds. The molecule has 1 aliphatic carbocycles. The van der Waals surface area contributed by atoms with Gasteiger partial charge in [-0.15, -0.1) is 0 Å². The Labute approximate surface area is 122 Å². The van der Waals surface area contributed by atoms with E-state index < -0.39 is 16.4 Å². The molecule has 0 aliphatic heterocycles. The first-order valence-corrected chi connectivity index (χ1v) is 6.79. The molecule has 1 aliphatic rings. The topological polar surface area (TPSA) is 102 Å². The van der Waals surface area contributed by atoms with E-state index in [1.54, 1.807) is 0 Å². The van der Waals surface area contributed by atoms with Crippen molar-refractivity contribution in [2.75, 3.05) is 13.7 Å². The van der Waals surface area contributed by atoms with Crippen molar-refractivity contribution in [2.45, 2.75) is 31.3 Å². The summed E-state index contributed by atoms with van der Waals surface area (Å²) in [5.41, 5.74) is -1.04. The standard InChI is InChI=1S/C14H18N2O5/c1-21-12-10(5-4-6-11(12)16(19)20)13(17)15-9-14(18)7-2-3-8-14/h4-6,18H,2-3,7-9H2,1H3,(H,15,17). The number of carbonyl (C=O) groups excluding carboxylic acids is 1. The Kier molecular flexibility index (Phi) is 4.42. The molecule has 1 aromatic rings. The minimum absolute atomic E-state index is 0.0709. The second-order valence-electron chi connectivity index (χ2n) is 5.23. The van der Waals surface area contributed by atoms with E-state index in [1.165, 1.54) is 25.3 Å². The lowest BCUT2D eigenvalue weighted by Gasteiger charge is -2.22. The van der Waals surface area contributed by atoms with Crippen molar-refractivity contribution in [1.82, 2.24) is 5.32 Å². The fourth-order valence-electron chi connectivity index (χ4n) is 2.61. The molecule has 2 N–H and O–H groups in total. The Morgan fingerprint density at radius 2 is 2.14 bits per heavy atom. The fourth-order valence-corrected chi connectivity index (χ4v) is 2.61. The Morgan fingerprint density at radius 1 is 1.48 bits per heavy atom. The fraction of sp³-hybridized carbons (Fsp3) is 0.500. The van der Waals surface area contributed by atoms with Crippen LogP contribution < -0.4 is 10.1 Å². The van der Waals surface area contributed by atoms with E-state index in [0.29, 0.717) is 12.8 Å². The maximum Gasteiger partial charge on any atom is 0.311 e. The number of hydrogen-bond donors (Lipinski definition) is 2. The molecule has 1 fully saturated rings. The molecular formula is C14H18N2O5. The van der Waals surface area contributed by atoms with Crippen LogP contribution in [0.25, 0.3) is 0 Å². The van der Waals surface area contributed by atoms with E-state index in [0.717, 1.165) is 12.8 Å². The van der Waals surface area contributed by atoms with E-state index in [9.17, 15) is 20.0 Å². The van der Waals surface area contributed by atoms with Gasteiger partial charge in [0.05, 0.1) is 23.2 Å². The van der Waals surface area contributed by atoms with E-state index in [2.05, 4.69) is 5.32 Å². The number of nitrogens with zero attached hydrogens (tertiary/aromatic N) is 1. The van der Waals surface area contributed by atoms with Gasteiger partial charge in [0.15, 0.2) is 0 Å². The number of rotatable bonds is 5. The summed E-state index contributed by atoms with van der Waals surface area (Å²) < 4.78 is 4.99. The van der Waals surface area contributed by atoms with Crippen LogP contribution in [0.3, 0.4) is 0 Å². The quantitative estimate of drug-likeness (QED) is 0.635. The third-order valence-corrected chi connectivity index (χ3v) is 3.75. The van der Waals surface area contributed by atoms with Crippen LogP contribution in [0.4, 0.5) is 5.69 Å². The zero-order valence-corrected chi connectivity index (χ0v) is 11.8. The van der Waals surface area contributed by atoms with Crippen LogP contribution in [0.15, 0.2) is 18.2 Å². The maximum absolute atomic E-state index is 12.2. The van der Waals surface area contributed by atoms with Crippen molar-refractivity contribution in [2.24, 2.45) is 0 Å². The molecular weight excluding hydrogens is 276 g/mol. The molecule has 7 nitrogen and oxygen atoms in total. The SMILES string of the molecule is COc1c(C(=O)NCC2(O)CCCC2)cccc1[N+](=O)[O-]. The molecule has 0 spiro atoms. The number of hydrogen-bond acceptors (Lipinski definition) is 5. The predicted molar refractivity (Wildman–Crippen MR) is 75.4 cm³/mol. The molecule has 0 aromatic heterocycles. The third-order valence-electron chi connectivity index (χ3n) is 3.75. The third kappa shape index (κ3) is 3.30. The van der Waals surface area contributed by atoms with Crippen LogP contribution in [0.5, 0.6) is 5.75 Å². The van der Waals surface area contributed by atoms with Gasteiger partial charge in [-0.3, -0.25) is 14.9 Å². The molecule has 0 bridgehead atoms. The minimum Gasteiger partial charge on any atom is -0.490 e. The van der Waals surface area contributed by atoms with E-state index in [1.807, 2.05) is 0 Å². The van der Waals surface area contributed by atoms with Crippen molar-refractivity contribution >= 4 is 11.6 Å². The second-order valence-corrected chi connectivity index (χ2v) is 5.23. The first-order chi connectivity index (χ1) is 9.97. The van der Waals surface area contributed by atoms with Crippen LogP contribution in [0.1, 0.15) is 36.0 Å². The van der Waals surface area contributed by atoms with Gasteiger partial charge in [-0.25, -0.2) is 0 Å². The number of methoxy groups -OCH3 is 1. The highest BCUT2D eigenvalue weighted by Gasteiger charge is 2.32. The summed E-state index contributed by atoms with van der Waals surface area (Å²) in [6, 6.07) is 4.17. The number of nitro benzene ring substituents is 1. The molecule has 0 unspecified atom stereocenters. The Hall–Kier alpha value is -2.15. The number of para-hydroxylation sites is 1. The van der Waals surface area contributed by atoms with E-state index in [4.69, 9.17) is 4.74 Å². The zero-order chi connectivity index (χ0) is 15.5. The van der Waals surface area contributed by atoms with Crippen molar-refractivity contribution in [3.8, 4) is 5.75 Å². The number of carbonyl (C=O) groups is 1. The zero-order valence-electron chi connectivity index (χ0n) is 11.8. The van der Waals surface area contributed by atoms with Gasteiger partial charge in [0.1, 0.15) is 0 Å². The molecule has 0 saturated heterocycles.